The molecule has 4 nitrogen and oxygen atoms in total. The minimum atomic E-state index is -0.777. The summed E-state index contributed by atoms with van der Waals surface area (Å²) in [4.78, 5) is 11.5. The predicted octanol–water partition coefficient (Wildman–Crippen LogP) is 3.39. The van der Waals surface area contributed by atoms with Crippen molar-refractivity contribution in [2.24, 2.45) is 0 Å². The standard InChI is InChI=1S/C17H24O4/c1-4-16(2)12-17(9-10-21-16,11-15(18)19)13-7-5-6-8-14(13)20-3/h5-8H,4,9-12H2,1-3H3,(H,18,19)/t16-,17-/m0/s1. The number of carboxylic acids is 1. The Balaban J connectivity index is 2.49. The van der Waals surface area contributed by atoms with Crippen molar-refractivity contribution in [1.29, 1.82) is 0 Å². The van der Waals surface area contributed by atoms with Crippen LogP contribution in [0.5, 0.6) is 5.75 Å². The van der Waals surface area contributed by atoms with Crippen LogP contribution in [0.25, 0.3) is 0 Å². The molecule has 0 bridgehead atoms. The number of para-hydroxylation sites is 1. The zero-order valence-electron chi connectivity index (χ0n) is 13.0. The Morgan fingerprint density at radius 1 is 1.43 bits per heavy atom. The van der Waals surface area contributed by atoms with Crippen LogP contribution in [0, 0.1) is 0 Å². The second-order valence-electron chi connectivity index (χ2n) is 6.13. The van der Waals surface area contributed by atoms with Gasteiger partial charge in [-0.2, -0.15) is 0 Å². The van der Waals surface area contributed by atoms with Crippen LogP contribution in [0.3, 0.4) is 0 Å². The molecule has 0 radical (unpaired) electrons. The molecule has 2 atom stereocenters. The van der Waals surface area contributed by atoms with Crippen LogP contribution in [-0.4, -0.2) is 30.4 Å². The number of rotatable bonds is 5. The molecule has 2 rings (SSSR count). The Hall–Kier alpha value is -1.55. The van der Waals surface area contributed by atoms with E-state index in [1.807, 2.05) is 24.3 Å². The molecule has 1 aliphatic rings. The average Bonchev–Trinajstić information content (AvgIpc) is 2.46. The maximum Gasteiger partial charge on any atom is 0.304 e. The van der Waals surface area contributed by atoms with Gasteiger partial charge in [0.05, 0.1) is 19.1 Å². The number of carboxylic acid groups (broad SMARTS) is 1. The fraction of sp³-hybridized carbons (Fsp3) is 0.588. The highest BCUT2D eigenvalue weighted by Crippen LogP contribution is 2.47. The first-order valence-corrected chi connectivity index (χ1v) is 7.44. The van der Waals surface area contributed by atoms with Crippen molar-refractivity contribution in [3.63, 3.8) is 0 Å². The molecule has 0 spiro atoms. The summed E-state index contributed by atoms with van der Waals surface area (Å²) in [5.74, 6) is -0.0136. The minimum absolute atomic E-state index is 0.103. The van der Waals surface area contributed by atoms with Gasteiger partial charge in [-0.1, -0.05) is 25.1 Å². The Kier molecular flexibility index (Phi) is 4.57. The lowest BCUT2D eigenvalue weighted by Crippen LogP contribution is -2.46. The normalized spacial score (nSPS) is 29.1. The molecule has 1 aliphatic heterocycles. The Morgan fingerprint density at radius 3 is 2.76 bits per heavy atom. The monoisotopic (exact) mass is 292 g/mol. The molecule has 1 N–H and O–H groups in total. The molecule has 1 fully saturated rings. The van der Waals surface area contributed by atoms with Crippen LogP contribution in [0.15, 0.2) is 24.3 Å². The molecule has 1 aromatic rings. The topological polar surface area (TPSA) is 55.8 Å². The lowest BCUT2D eigenvalue weighted by Gasteiger charge is -2.46. The summed E-state index contributed by atoms with van der Waals surface area (Å²) in [6.45, 7) is 4.73. The number of carbonyl (C=O) groups is 1. The van der Waals surface area contributed by atoms with Gasteiger partial charge < -0.3 is 14.6 Å². The summed E-state index contributed by atoms with van der Waals surface area (Å²) in [5, 5.41) is 9.42. The Bertz CT molecular complexity index is 513. The summed E-state index contributed by atoms with van der Waals surface area (Å²) in [6.07, 6.45) is 2.37. The lowest BCUT2D eigenvalue weighted by atomic mass is 9.66. The molecule has 116 valence electrons. The quantitative estimate of drug-likeness (QED) is 0.904. The Morgan fingerprint density at radius 2 is 2.14 bits per heavy atom. The first-order valence-electron chi connectivity index (χ1n) is 7.44. The fourth-order valence-corrected chi connectivity index (χ4v) is 3.42. The van der Waals surface area contributed by atoms with Crippen molar-refractivity contribution in [2.45, 2.75) is 50.5 Å². The van der Waals surface area contributed by atoms with Gasteiger partial charge in [0, 0.05) is 17.6 Å². The molecule has 0 aliphatic carbocycles. The van der Waals surface area contributed by atoms with Crippen LogP contribution in [0.1, 0.15) is 45.1 Å². The zero-order valence-corrected chi connectivity index (χ0v) is 13.0. The van der Waals surface area contributed by atoms with E-state index in [9.17, 15) is 9.90 Å². The highest BCUT2D eigenvalue weighted by Gasteiger charge is 2.46. The molecular weight excluding hydrogens is 268 g/mol. The van der Waals surface area contributed by atoms with Crippen molar-refractivity contribution < 1.29 is 19.4 Å². The van der Waals surface area contributed by atoms with E-state index in [0.29, 0.717) is 19.4 Å². The number of hydrogen-bond acceptors (Lipinski definition) is 3. The van der Waals surface area contributed by atoms with E-state index in [2.05, 4.69) is 13.8 Å². The van der Waals surface area contributed by atoms with Gasteiger partial charge in [-0.15, -0.1) is 0 Å². The molecule has 21 heavy (non-hydrogen) atoms. The van der Waals surface area contributed by atoms with Gasteiger partial charge in [-0.3, -0.25) is 4.79 Å². The van der Waals surface area contributed by atoms with Crippen molar-refractivity contribution in [1.82, 2.24) is 0 Å². The molecule has 1 saturated heterocycles. The van der Waals surface area contributed by atoms with Crippen molar-refractivity contribution in [3.05, 3.63) is 29.8 Å². The maximum atomic E-state index is 11.5. The second-order valence-corrected chi connectivity index (χ2v) is 6.13. The number of hydrogen-bond donors (Lipinski definition) is 1. The fourth-order valence-electron chi connectivity index (χ4n) is 3.42. The third-order valence-electron chi connectivity index (χ3n) is 4.66. The van der Waals surface area contributed by atoms with E-state index < -0.39 is 11.4 Å². The highest BCUT2D eigenvalue weighted by molar-refractivity contribution is 5.69. The smallest absolute Gasteiger partial charge is 0.304 e. The summed E-state index contributed by atoms with van der Waals surface area (Å²) < 4.78 is 11.4. The van der Waals surface area contributed by atoms with Gasteiger partial charge in [0.2, 0.25) is 0 Å². The van der Waals surface area contributed by atoms with Crippen molar-refractivity contribution >= 4 is 5.97 Å². The number of aliphatic carboxylic acids is 1. The number of ether oxygens (including phenoxy) is 2. The first kappa shape index (κ1) is 15.8. The molecule has 0 saturated carbocycles. The van der Waals surface area contributed by atoms with Crippen LogP contribution in [0.2, 0.25) is 0 Å². The van der Waals surface area contributed by atoms with E-state index in [1.165, 1.54) is 0 Å². The van der Waals surface area contributed by atoms with Gasteiger partial charge in [0.1, 0.15) is 5.75 Å². The lowest BCUT2D eigenvalue weighted by molar-refractivity contribution is -0.143. The van der Waals surface area contributed by atoms with Gasteiger partial charge in [0.15, 0.2) is 0 Å². The molecule has 1 aromatic carbocycles. The number of benzene rings is 1. The van der Waals surface area contributed by atoms with E-state index in [4.69, 9.17) is 9.47 Å². The molecule has 4 heteroatoms. The van der Waals surface area contributed by atoms with E-state index in [-0.39, 0.29) is 12.0 Å². The van der Waals surface area contributed by atoms with Crippen LogP contribution in [-0.2, 0) is 14.9 Å². The third kappa shape index (κ3) is 3.21. The minimum Gasteiger partial charge on any atom is -0.496 e. The summed E-state index contributed by atoms with van der Waals surface area (Å²) >= 11 is 0. The largest absolute Gasteiger partial charge is 0.496 e. The Labute approximate surface area is 126 Å². The van der Waals surface area contributed by atoms with E-state index >= 15 is 0 Å². The highest BCUT2D eigenvalue weighted by atomic mass is 16.5. The van der Waals surface area contributed by atoms with Gasteiger partial charge in [-0.05, 0) is 32.3 Å². The van der Waals surface area contributed by atoms with E-state index in [0.717, 1.165) is 17.7 Å². The van der Waals surface area contributed by atoms with Crippen molar-refractivity contribution in [3.8, 4) is 5.75 Å². The molecule has 0 amide bonds. The number of methoxy groups -OCH3 is 1. The van der Waals surface area contributed by atoms with Gasteiger partial charge in [0.25, 0.3) is 0 Å². The SMILES string of the molecule is CC[C@@]1(C)C[C@](CC(=O)O)(c2ccccc2OC)CCO1. The zero-order chi connectivity index (χ0) is 15.5. The van der Waals surface area contributed by atoms with Crippen LogP contribution < -0.4 is 4.74 Å². The first-order chi connectivity index (χ1) is 9.95. The third-order valence-corrected chi connectivity index (χ3v) is 4.66. The summed E-state index contributed by atoms with van der Waals surface area (Å²) in [5.41, 5.74) is 0.272. The second kappa shape index (κ2) is 6.06. The summed E-state index contributed by atoms with van der Waals surface area (Å²) in [7, 11) is 1.63. The van der Waals surface area contributed by atoms with Crippen LogP contribution >= 0.6 is 0 Å². The molecular formula is C17H24O4. The maximum absolute atomic E-state index is 11.5. The molecule has 1 heterocycles. The van der Waals surface area contributed by atoms with Crippen LogP contribution in [0.4, 0.5) is 0 Å². The van der Waals surface area contributed by atoms with E-state index in [1.54, 1.807) is 7.11 Å². The molecule has 0 unspecified atom stereocenters. The predicted molar refractivity (Wildman–Crippen MR) is 80.8 cm³/mol. The van der Waals surface area contributed by atoms with Gasteiger partial charge in [-0.25, -0.2) is 0 Å². The average molecular weight is 292 g/mol. The van der Waals surface area contributed by atoms with Crippen molar-refractivity contribution in [2.75, 3.05) is 13.7 Å². The van der Waals surface area contributed by atoms with Gasteiger partial charge >= 0.3 is 5.97 Å². The molecule has 0 aromatic heterocycles. The summed E-state index contributed by atoms with van der Waals surface area (Å²) in [6, 6.07) is 7.75.